The molecule has 0 spiro atoms. The monoisotopic (exact) mass is 286 g/mol. The normalized spacial score (nSPS) is 12.7. The summed E-state index contributed by atoms with van der Waals surface area (Å²) in [5.74, 6) is -1.51. The molecule has 2 aromatic rings. The molecule has 4 nitrogen and oxygen atoms in total. The lowest BCUT2D eigenvalue weighted by molar-refractivity contribution is 0.570. The molecule has 2 rings (SSSR count). The Morgan fingerprint density at radius 1 is 1.37 bits per heavy atom. The SMILES string of the molecule is CNC(C)c1nnn(-c2c(F)cc(F)cc2Cl)c1C. The number of hydrogen-bond donors (Lipinski definition) is 1. The maximum atomic E-state index is 13.8. The van der Waals surface area contributed by atoms with Crippen LogP contribution in [0.2, 0.25) is 5.02 Å². The molecule has 1 heterocycles. The van der Waals surface area contributed by atoms with Gasteiger partial charge >= 0.3 is 0 Å². The third-order valence-corrected chi connectivity index (χ3v) is 3.26. The minimum Gasteiger partial charge on any atom is -0.312 e. The molecule has 0 bridgehead atoms. The summed E-state index contributed by atoms with van der Waals surface area (Å²) < 4.78 is 28.2. The van der Waals surface area contributed by atoms with E-state index in [1.165, 1.54) is 4.68 Å². The van der Waals surface area contributed by atoms with Crippen LogP contribution in [0.25, 0.3) is 5.69 Å². The van der Waals surface area contributed by atoms with Crippen LogP contribution in [0.15, 0.2) is 12.1 Å². The summed E-state index contributed by atoms with van der Waals surface area (Å²) in [5.41, 5.74) is 1.33. The van der Waals surface area contributed by atoms with E-state index in [4.69, 9.17) is 11.6 Å². The highest BCUT2D eigenvalue weighted by Gasteiger charge is 2.19. The Balaban J connectivity index is 2.58. The van der Waals surface area contributed by atoms with Gasteiger partial charge in [-0.3, -0.25) is 0 Å². The molecular formula is C12H13ClF2N4. The van der Waals surface area contributed by atoms with Crippen LogP contribution in [0.1, 0.15) is 24.4 Å². The van der Waals surface area contributed by atoms with Gasteiger partial charge in [-0.25, -0.2) is 13.5 Å². The number of nitrogens with zero attached hydrogens (tertiary/aromatic N) is 3. The van der Waals surface area contributed by atoms with Crippen molar-refractivity contribution in [3.8, 4) is 5.69 Å². The highest BCUT2D eigenvalue weighted by molar-refractivity contribution is 6.32. The molecule has 1 N–H and O–H groups in total. The van der Waals surface area contributed by atoms with E-state index in [-0.39, 0.29) is 16.8 Å². The molecule has 0 aliphatic carbocycles. The fourth-order valence-electron chi connectivity index (χ4n) is 1.83. The van der Waals surface area contributed by atoms with Gasteiger partial charge in [-0.2, -0.15) is 0 Å². The standard InChI is InChI=1S/C12H13ClF2N4/c1-6(16-3)11-7(2)19(18-17-11)12-9(13)4-8(14)5-10(12)15/h4-6,16H,1-3H3. The summed E-state index contributed by atoms with van der Waals surface area (Å²) in [6.45, 7) is 3.66. The van der Waals surface area contributed by atoms with Crippen LogP contribution >= 0.6 is 11.6 Å². The molecule has 1 unspecified atom stereocenters. The second kappa shape index (κ2) is 5.22. The highest BCUT2D eigenvalue weighted by Crippen LogP contribution is 2.27. The molecule has 0 amide bonds. The lowest BCUT2D eigenvalue weighted by Crippen LogP contribution is -2.14. The molecule has 1 atom stereocenters. The van der Waals surface area contributed by atoms with Crippen molar-refractivity contribution in [3.63, 3.8) is 0 Å². The van der Waals surface area contributed by atoms with Gasteiger partial charge in [0.05, 0.1) is 16.8 Å². The number of halogens is 3. The first-order chi connectivity index (χ1) is 8.95. The predicted molar refractivity (Wildman–Crippen MR) is 68.5 cm³/mol. The van der Waals surface area contributed by atoms with Gasteiger partial charge in [0.1, 0.15) is 17.2 Å². The average Bonchev–Trinajstić information content (AvgIpc) is 2.69. The topological polar surface area (TPSA) is 42.7 Å². The Labute approximate surface area is 114 Å². The zero-order valence-corrected chi connectivity index (χ0v) is 11.5. The van der Waals surface area contributed by atoms with Crippen LogP contribution in [-0.4, -0.2) is 22.0 Å². The Kier molecular flexibility index (Phi) is 3.82. The van der Waals surface area contributed by atoms with Crippen molar-refractivity contribution in [1.82, 2.24) is 20.3 Å². The summed E-state index contributed by atoms with van der Waals surface area (Å²) in [7, 11) is 1.79. The zero-order chi connectivity index (χ0) is 14.2. The summed E-state index contributed by atoms with van der Waals surface area (Å²) in [6, 6.07) is 1.78. The Morgan fingerprint density at radius 2 is 2.05 bits per heavy atom. The van der Waals surface area contributed by atoms with Gasteiger partial charge < -0.3 is 5.32 Å². The summed E-state index contributed by atoms with van der Waals surface area (Å²) in [6.07, 6.45) is 0. The van der Waals surface area contributed by atoms with Crippen LogP contribution in [0, 0.1) is 18.6 Å². The van der Waals surface area contributed by atoms with Crippen molar-refractivity contribution in [1.29, 1.82) is 0 Å². The predicted octanol–water partition coefficient (Wildman–Crippen LogP) is 2.79. The molecule has 0 fully saturated rings. The lowest BCUT2D eigenvalue weighted by atomic mass is 10.2. The largest absolute Gasteiger partial charge is 0.312 e. The highest BCUT2D eigenvalue weighted by atomic mass is 35.5. The number of benzene rings is 1. The molecule has 102 valence electrons. The maximum absolute atomic E-state index is 13.8. The molecular weight excluding hydrogens is 274 g/mol. The minimum absolute atomic E-state index is 0.00243. The molecule has 19 heavy (non-hydrogen) atoms. The maximum Gasteiger partial charge on any atom is 0.153 e. The van der Waals surface area contributed by atoms with Gasteiger partial charge in [-0.05, 0) is 27.0 Å². The van der Waals surface area contributed by atoms with Gasteiger partial charge in [-0.1, -0.05) is 16.8 Å². The first-order valence-electron chi connectivity index (χ1n) is 5.70. The summed E-state index contributed by atoms with van der Waals surface area (Å²) in [5, 5.41) is 10.9. The van der Waals surface area contributed by atoms with E-state index in [1.54, 1.807) is 14.0 Å². The third kappa shape index (κ3) is 2.46. The fraction of sp³-hybridized carbons (Fsp3) is 0.333. The Morgan fingerprint density at radius 3 is 2.63 bits per heavy atom. The molecule has 7 heteroatoms. The molecule has 1 aromatic carbocycles. The molecule has 0 aliphatic rings. The van der Waals surface area contributed by atoms with Crippen molar-refractivity contribution in [2.75, 3.05) is 7.05 Å². The smallest absolute Gasteiger partial charge is 0.153 e. The molecule has 0 radical (unpaired) electrons. The summed E-state index contributed by atoms with van der Waals surface area (Å²) in [4.78, 5) is 0. The van der Waals surface area contributed by atoms with E-state index in [2.05, 4.69) is 15.6 Å². The van der Waals surface area contributed by atoms with E-state index in [1.807, 2.05) is 6.92 Å². The van der Waals surface area contributed by atoms with Crippen molar-refractivity contribution >= 4 is 11.6 Å². The van der Waals surface area contributed by atoms with Gasteiger partial charge in [0.2, 0.25) is 0 Å². The van der Waals surface area contributed by atoms with Gasteiger partial charge in [0, 0.05) is 6.07 Å². The lowest BCUT2D eigenvalue weighted by Gasteiger charge is -2.10. The zero-order valence-electron chi connectivity index (χ0n) is 10.7. The van der Waals surface area contributed by atoms with E-state index in [0.717, 1.165) is 12.1 Å². The van der Waals surface area contributed by atoms with Gasteiger partial charge in [0.15, 0.2) is 5.82 Å². The van der Waals surface area contributed by atoms with Crippen LogP contribution in [0.3, 0.4) is 0 Å². The van der Waals surface area contributed by atoms with Crippen LogP contribution < -0.4 is 5.32 Å². The van der Waals surface area contributed by atoms with E-state index < -0.39 is 11.6 Å². The van der Waals surface area contributed by atoms with E-state index in [9.17, 15) is 8.78 Å². The fourth-order valence-corrected chi connectivity index (χ4v) is 2.10. The van der Waals surface area contributed by atoms with Crippen molar-refractivity contribution in [2.24, 2.45) is 0 Å². The first-order valence-corrected chi connectivity index (χ1v) is 6.08. The molecule has 0 saturated carbocycles. The number of rotatable bonds is 3. The Bertz CT molecular complexity index is 589. The van der Waals surface area contributed by atoms with Crippen LogP contribution in [-0.2, 0) is 0 Å². The van der Waals surface area contributed by atoms with Crippen molar-refractivity contribution in [3.05, 3.63) is 40.2 Å². The number of aromatic nitrogens is 3. The first kappa shape index (κ1) is 13.9. The van der Waals surface area contributed by atoms with E-state index >= 15 is 0 Å². The van der Waals surface area contributed by atoms with Gasteiger partial charge in [-0.15, -0.1) is 5.10 Å². The third-order valence-electron chi connectivity index (χ3n) is 2.97. The second-order valence-corrected chi connectivity index (χ2v) is 4.61. The van der Waals surface area contributed by atoms with Gasteiger partial charge in [0.25, 0.3) is 0 Å². The van der Waals surface area contributed by atoms with Crippen LogP contribution in [0.4, 0.5) is 8.78 Å². The van der Waals surface area contributed by atoms with E-state index in [0.29, 0.717) is 11.4 Å². The molecule has 1 aromatic heterocycles. The second-order valence-electron chi connectivity index (χ2n) is 4.20. The Hall–Kier alpha value is -1.53. The van der Waals surface area contributed by atoms with Crippen molar-refractivity contribution in [2.45, 2.75) is 19.9 Å². The van der Waals surface area contributed by atoms with Crippen molar-refractivity contribution < 1.29 is 8.78 Å². The average molecular weight is 287 g/mol. The number of hydrogen-bond acceptors (Lipinski definition) is 3. The minimum atomic E-state index is -0.776. The van der Waals surface area contributed by atoms with Crippen LogP contribution in [0.5, 0.6) is 0 Å². The summed E-state index contributed by atoms with van der Waals surface area (Å²) >= 11 is 5.88. The quantitative estimate of drug-likeness (QED) is 0.943. The molecule has 0 saturated heterocycles. The number of nitrogens with one attached hydrogen (secondary N) is 1. The molecule has 0 aliphatic heterocycles.